The molecule has 0 amide bonds. The Kier molecular flexibility index (Phi) is 11.3. The van der Waals surface area contributed by atoms with Crippen molar-refractivity contribution in [3.63, 3.8) is 0 Å². The van der Waals surface area contributed by atoms with E-state index in [0.717, 1.165) is 65.1 Å². The van der Waals surface area contributed by atoms with Gasteiger partial charge in [0.15, 0.2) is 0 Å². The highest BCUT2D eigenvalue weighted by Crippen LogP contribution is 2.38. The number of nitrogens with zero attached hydrogens (tertiary/aromatic N) is 2. The molecule has 2 aliphatic heterocycles. The molecule has 2 rings (SSSR count). The Bertz CT molecular complexity index is 390. The maximum atomic E-state index is 5.79. The Balaban J connectivity index is 1.35. The SMILES string of the molecule is CCC(CC)CNCCOCCN1CC2(C1)CN(CCOCCNC(C)C)C2. The number of rotatable bonds is 17. The van der Waals surface area contributed by atoms with Crippen LogP contribution in [0.15, 0.2) is 0 Å². The second kappa shape index (κ2) is 13.1. The molecular weight excluding hydrogens is 352 g/mol. The van der Waals surface area contributed by atoms with Crippen LogP contribution < -0.4 is 10.6 Å². The lowest BCUT2D eigenvalue weighted by atomic mass is 9.73. The summed E-state index contributed by atoms with van der Waals surface area (Å²) in [5, 5.41) is 6.89. The third-order valence-electron chi connectivity index (χ3n) is 6.15. The minimum Gasteiger partial charge on any atom is -0.379 e. The summed E-state index contributed by atoms with van der Waals surface area (Å²) in [5.41, 5.74) is 0.579. The van der Waals surface area contributed by atoms with Crippen molar-refractivity contribution in [2.45, 2.75) is 46.6 Å². The molecular formula is C22H46N4O2. The molecule has 6 nitrogen and oxygen atoms in total. The van der Waals surface area contributed by atoms with Crippen LogP contribution in [0.3, 0.4) is 0 Å². The topological polar surface area (TPSA) is 49.0 Å². The zero-order valence-electron chi connectivity index (χ0n) is 19.0. The maximum absolute atomic E-state index is 5.79. The Morgan fingerprint density at radius 2 is 1.36 bits per heavy atom. The predicted molar refractivity (Wildman–Crippen MR) is 117 cm³/mol. The fraction of sp³-hybridized carbons (Fsp3) is 1.00. The fourth-order valence-corrected chi connectivity index (χ4v) is 4.36. The normalized spacial score (nSPS) is 19.5. The van der Waals surface area contributed by atoms with Gasteiger partial charge in [-0.3, -0.25) is 9.80 Å². The highest BCUT2D eigenvalue weighted by atomic mass is 16.5. The third-order valence-corrected chi connectivity index (χ3v) is 6.15. The van der Waals surface area contributed by atoms with Crippen LogP contribution in [0.5, 0.6) is 0 Å². The van der Waals surface area contributed by atoms with Gasteiger partial charge >= 0.3 is 0 Å². The molecule has 0 aromatic rings. The summed E-state index contributed by atoms with van der Waals surface area (Å²) in [6, 6.07) is 0.543. The van der Waals surface area contributed by atoms with Gasteiger partial charge in [0.2, 0.25) is 0 Å². The molecule has 0 radical (unpaired) electrons. The average molecular weight is 399 g/mol. The Morgan fingerprint density at radius 3 is 1.86 bits per heavy atom. The van der Waals surface area contributed by atoms with Crippen molar-refractivity contribution in [2.24, 2.45) is 11.3 Å². The molecule has 0 bridgehead atoms. The van der Waals surface area contributed by atoms with Gasteiger partial charge in [0, 0.05) is 63.8 Å². The molecule has 0 saturated carbocycles. The maximum Gasteiger partial charge on any atom is 0.0594 e. The monoisotopic (exact) mass is 398 g/mol. The van der Waals surface area contributed by atoms with E-state index in [-0.39, 0.29) is 0 Å². The lowest BCUT2D eigenvalue weighted by Gasteiger charge is -2.60. The summed E-state index contributed by atoms with van der Waals surface area (Å²) < 4.78 is 11.5. The first-order valence-corrected chi connectivity index (χ1v) is 11.6. The van der Waals surface area contributed by atoms with Crippen LogP contribution in [-0.2, 0) is 9.47 Å². The van der Waals surface area contributed by atoms with Crippen LogP contribution in [0.1, 0.15) is 40.5 Å². The lowest BCUT2D eigenvalue weighted by Crippen LogP contribution is -2.72. The van der Waals surface area contributed by atoms with E-state index in [4.69, 9.17) is 9.47 Å². The van der Waals surface area contributed by atoms with Gasteiger partial charge in [-0.05, 0) is 12.5 Å². The van der Waals surface area contributed by atoms with Gasteiger partial charge in [0.05, 0.1) is 26.4 Å². The van der Waals surface area contributed by atoms with E-state index >= 15 is 0 Å². The molecule has 0 aromatic carbocycles. The van der Waals surface area contributed by atoms with Crippen LogP contribution in [0, 0.1) is 11.3 Å². The van der Waals surface area contributed by atoms with Crippen LogP contribution in [0.2, 0.25) is 0 Å². The average Bonchev–Trinajstić information content (AvgIpc) is 2.61. The molecule has 2 N–H and O–H groups in total. The summed E-state index contributed by atoms with van der Waals surface area (Å²) in [5.74, 6) is 0.813. The number of hydrogen-bond donors (Lipinski definition) is 2. The molecule has 2 heterocycles. The van der Waals surface area contributed by atoms with Crippen LogP contribution in [-0.4, -0.2) is 101 Å². The third kappa shape index (κ3) is 8.64. The minimum absolute atomic E-state index is 0.543. The summed E-state index contributed by atoms with van der Waals surface area (Å²) in [6.45, 7) is 22.5. The van der Waals surface area contributed by atoms with Gasteiger partial charge in [0.25, 0.3) is 0 Å². The van der Waals surface area contributed by atoms with E-state index in [1.807, 2.05) is 0 Å². The van der Waals surface area contributed by atoms with Crippen molar-refractivity contribution in [3.8, 4) is 0 Å². The second-order valence-corrected chi connectivity index (χ2v) is 9.14. The van der Waals surface area contributed by atoms with Crippen molar-refractivity contribution >= 4 is 0 Å². The first-order valence-electron chi connectivity index (χ1n) is 11.6. The summed E-state index contributed by atoms with van der Waals surface area (Å²) >= 11 is 0. The molecule has 28 heavy (non-hydrogen) atoms. The number of ether oxygens (including phenoxy) is 2. The van der Waals surface area contributed by atoms with Crippen molar-refractivity contribution in [3.05, 3.63) is 0 Å². The van der Waals surface area contributed by atoms with Crippen molar-refractivity contribution in [1.82, 2.24) is 20.4 Å². The highest BCUT2D eigenvalue weighted by molar-refractivity contribution is 5.05. The Labute approximate surface area is 173 Å². The summed E-state index contributed by atoms with van der Waals surface area (Å²) in [7, 11) is 0. The summed E-state index contributed by atoms with van der Waals surface area (Å²) in [4.78, 5) is 5.08. The van der Waals surface area contributed by atoms with Gasteiger partial charge in [-0.15, -0.1) is 0 Å². The zero-order chi connectivity index (χ0) is 20.2. The standard InChI is InChI=1S/C22H46N4O2/c1-5-21(6-2)15-23-7-11-27-13-9-25-16-22(17-25)18-26(19-22)10-14-28-12-8-24-20(3)4/h20-21,23-24H,5-19H2,1-4H3. The van der Waals surface area contributed by atoms with Crippen LogP contribution in [0.4, 0.5) is 0 Å². The first-order chi connectivity index (χ1) is 13.6. The van der Waals surface area contributed by atoms with Crippen LogP contribution in [0.25, 0.3) is 0 Å². The number of likely N-dealkylation sites (tertiary alicyclic amines) is 2. The smallest absolute Gasteiger partial charge is 0.0594 e. The van der Waals surface area contributed by atoms with E-state index < -0.39 is 0 Å². The molecule has 2 saturated heterocycles. The fourth-order valence-electron chi connectivity index (χ4n) is 4.36. The van der Waals surface area contributed by atoms with Gasteiger partial charge in [-0.25, -0.2) is 0 Å². The van der Waals surface area contributed by atoms with E-state index in [9.17, 15) is 0 Å². The van der Waals surface area contributed by atoms with Gasteiger partial charge in [0.1, 0.15) is 0 Å². The van der Waals surface area contributed by atoms with E-state index in [1.165, 1.54) is 39.0 Å². The molecule has 166 valence electrons. The highest BCUT2D eigenvalue weighted by Gasteiger charge is 2.50. The lowest BCUT2D eigenvalue weighted by molar-refractivity contribution is -0.123. The largest absolute Gasteiger partial charge is 0.379 e. The second-order valence-electron chi connectivity index (χ2n) is 9.14. The number of nitrogens with one attached hydrogen (secondary N) is 2. The predicted octanol–water partition coefficient (Wildman–Crippen LogP) is 1.66. The molecule has 6 heteroatoms. The van der Waals surface area contributed by atoms with Gasteiger partial charge in [-0.2, -0.15) is 0 Å². The van der Waals surface area contributed by atoms with Gasteiger partial charge in [-0.1, -0.05) is 40.5 Å². The minimum atomic E-state index is 0.543. The van der Waals surface area contributed by atoms with E-state index in [2.05, 4.69) is 48.1 Å². The zero-order valence-corrected chi connectivity index (χ0v) is 19.0. The van der Waals surface area contributed by atoms with Crippen molar-refractivity contribution in [2.75, 3.05) is 85.3 Å². The molecule has 1 spiro atoms. The van der Waals surface area contributed by atoms with Crippen molar-refractivity contribution < 1.29 is 9.47 Å². The Hall–Kier alpha value is -0.240. The van der Waals surface area contributed by atoms with Crippen LogP contribution >= 0.6 is 0 Å². The molecule has 0 aromatic heterocycles. The van der Waals surface area contributed by atoms with E-state index in [1.54, 1.807) is 0 Å². The van der Waals surface area contributed by atoms with E-state index in [0.29, 0.717) is 11.5 Å². The molecule has 0 unspecified atom stereocenters. The molecule has 0 aliphatic carbocycles. The molecule has 0 atom stereocenters. The molecule has 2 aliphatic rings. The number of hydrogen-bond acceptors (Lipinski definition) is 6. The summed E-state index contributed by atoms with van der Waals surface area (Å²) in [6.07, 6.45) is 2.53. The Morgan fingerprint density at radius 1 is 0.821 bits per heavy atom. The van der Waals surface area contributed by atoms with Crippen molar-refractivity contribution in [1.29, 1.82) is 0 Å². The quantitative estimate of drug-likeness (QED) is 0.364. The molecule has 2 fully saturated rings. The van der Waals surface area contributed by atoms with Gasteiger partial charge < -0.3 is 20.1 Å². The first kappa shape index (κ1) is 24.0.